The Balaban J connectivity index is 3.44. The third-order valence-corrected chi connectivity index (χ3v) is 1.25. The van der Waals surface area contributed by atoms with Gasteiger partial charge in [-0.05, 0) is 0 Å². The van der Waals surface area contributed by atoms with Crippen LogP contribution in [0.5, 0.6) is 0 Å². The van der Waals surface area contributed by atoms with Gasteiger partial charge in [-0.3, -0.25) is 0 Å². The minimum absolute atomic E-state index is 0.320. The molecule has 0 aromatic carbocycles. The first-order valence-corrected chi connectivity index (χ1v) is 4.91. The fourth-order valence-electron chi connectivity index (χ4n) is 0.285. The average Bonchev–Trinajstić information content (AvgIpc) is 1.55. The van der Waals surface area contributed by atoms with Gasteiger partial charge in [0, 0.05) is 0 Å². The van der Waals surface area contributed by atoms with Crippen LogP contribution in [-0.4, -0.2) is 27.1 Å². The van der Waals surface area contributed by atoms with Gasteiger partial charge in [0.25, 0.3) is 0 Å². The van der Waals surface area contributed by atoms with Gasteiger partial charge in [0.1, 0.15) is 0 Å². The van der Waals surface area contributed by atoms with Gasteiger partial charge in [-0.2, -0.15) is 0 Å². The van der Waals surface area contributed by atoms with E-state index >= 15 is 0 Å². The molecule has 0 saturated carbocycles. The molecule has 0 radical (unpaired) electrons. The van der Waals surface area contributed by atoms with Crippen molar-refractivity contribution in [3.8, 4) is 0 Å². The van der Waals surface area contributed by atoms with E-state index < -0.39 is 13.8 Å². The summed E-state index contributed by atoms with van der Waals surface area (Å²) in [5.41, 5.74) is -0.417. The molecule has 5 nitrogen and oxygen atoms in total. The van der Waals surface area contributed by atoms with Crippen LogP contribution in [0.1, 0.15) is 20.8 Å². The van der Waals surface area contributed by atoms with Gasteiger partial charge in [0.2, 0.25) is 0 Å². The van der Waals surface area contributed by atoms with E-state index in [1.165, 1.54) is 0 Å². The molecule has 3 N–H and O–H groups in total. The van der Waals surface area contributed by atoms with E-state index in [2.05, 4.69) is 4.52 Å². The van der Waals surface area contributed by atoms with Crippen LogP contribution in [0.4, 0.5) is 0 Å². The van der Waals surface area contributed by atoms with Gasteiger partial charge in [-0.1, -0.05) is 0 Å². The Labute approximate surface area is 66.2 Å². The molecule has 0 aliphatic carbocycles. The Hall–Kier alpha value is 0.230. The van der Waals surface area contributed by atoms with E-state index in [0.717, 1.165) is 0 Å². The average molecular weight is 186 g/mol. The fourth-order valence-corrected chi connectivity index (χ4v) is 0.502. The summed E-state index contributed by atoms with van der Waals surface area (Å²) in [6.45, 7) is 5.03. The van der Waals surface area contributed by atoms with Gasteiger partial charge in [-0.25, -0.2) is 0 Å². The van der Waals surface area contributed by atoms with Crippen molar-refractivity contribution in [1.82, 2.24) is 0 Å². The summed E-state index contributed by atoms with van der Waals surface area (Å²) < 4.78 is 9.13. The second-order valence-corrected chi connectivity index (χ2v) is 4.53. The van der Waals surface area contributed by atoms with Crippen molar-refractivity contribution in [2.75, 3.05) is 6.79 Å². The molecule has 0 saturated heterocycles. The second-order valence-electron chi connectivity index (χ2n) is 3.09. The molecule has 70 valence electrons. The summed E-state index contributed by atoms with van der Waals surface area (Å²) in [6.07, 6.45) is 0. The summed E-state index contributed by atoms with van der Waals surface area (Å²) in [6, 6.07) is 0. The van der Waals surface area contributed by atoms with Crippen LogP contribution in [-0.2, 0) is 9.26 Å². The molecule has 11 heavy (non-hydrogen) atoms. The predicted molar refractivity (Wildman–Crippen MR) is 41.8 cm³/mol. The summed E-state index contributed by atoms with van der Waals surface area (Å²) in [5, 5.41) is 0. The molecule has 0 fully saturated rings. The Kier molecular flexibility index (Phi) is 3.84. The Morgan fingerprint density at radius 3 is 1.91 bits per heavy atom. The standard InChI is InChI=1S/C5H15O5P/c1-5(2,3)9-4-10-11(6,7)8/h6-8,11H,4H2,1-3H3. The maximum absolute atomic E-state index is 8.36. The van der Waals surface area contributed by atoms with E-state index in [0.29, 0.717) is 0 Å². The Bertz CT molecular complexity index is 99.0. The minimum atomic E-state index is -4.38. The molecule has 0 amide bonds. The Morgan fingerprint density at radius 1 is 1.18 bits per heavy atom. The Morgan fingerprint density at radius 2 is 1.64 bits per heavy atom. The molecular weight excluding hydrogens is 171 g/mol. The summed E-state index contributed by atoms with van der Waals surface area (Å²) >= 11 is 0. The van der Waals surface area contributed by atoms with Crippen LogP contribution in [0, 0.1) is 0 Å². The van der Waals surface area contributed by atoms with Crippen molar-refractivity contribution in [1.29, 1.82) is 0 Å². The molecule has 0 aliphatic rings. The number of ether oxygens (including phenoxy) is 1. The van der Waals surface area contributed by atoms with Gasteiger partial charge in [0.15, 0.2) is 0 Å². The first-order chi connectivity index (χ1) is 4.71. The van der Waals surface area contributed by atoms with Crippen LogP contribution in [0.25, 0.3) is 0 Å². The molecule has 0 aromatic heterocycles. The predicted octanol–water partition coefficient (Wildman–Crippen LogP) is 0.162. The third kappa shape index (κ3) is 10.2. The van der Waals surface area contributed by atoms with Crippen LogP contribution >= 0.6 is 8.17 Å². The zero-order valence-corrected chi connectivity index (χ0v) is 7.87. The van der Waals surface area contributed by atoms with E-state index in [1.807, 2.05) is 0 Å². The maximum atomic E-state index is 8.36. The molecule has 0 heterocycles. The topological polar surface area (TPSA) is 79.2 Å². The zero-order valence-electron chi connectivity index (χ0n) is 6.87. The van der Waals surface area contributed by atoms with E-state index in [9.17, 15) is 0 Å². The van der Waals surface area contributed by atoms with Crippen LogP contribution < -0.4 is 0 Å². The van der Waals surface area contributed by atoms with Crippen molar-refractivity contribution < 1.29 is 23.9 Å². The molecule has 0 aromatic rings. The van der Waals surface area contributed by atoms with E-state index in [-0.39, 0.29) is 6.79 Å². The van der Waals surface area contributed by atoms with Crippen molar-refractivity contribution in [2.45, 2.75) is 26.4 Å². The van der Waals surface area contributed by atoms with Gasteiger partial charge >= 0.3 is 65.3 Å². The second kappa shape index (κ2) is 3.76. The van der Waals surface area contributed by atoms with Crippen LogP contribution in [0.3, 0.4) is 0 Å². The molecule has 0 bridgehead atoms. The summed E-state index contributed by atoms with van der Waals surface area (Å²) in [4.78, 5) is 25.1. The molecule has 6 heteroatoms. The molecule has 0 spiro atoms. The normalized spacial score (nSPS) is 15.1. The van der Waals surface area contributed by atoms with E-state index in [4.69, 9.17) is 19.4 Å². The fraction of sp³-hybridized carbons (Fsp3) is 1.00. The molecule has 0 atom stereocenters. The van der Waals surface area contributed by atoms with Gasteiger partial charge < -0.3 is 0 Å². The quantitative estimate of drug-likeness (QED) is 0.432. The van der Waals surface area contributed by atoms with Crippen molar-refractivity contribution >= 4 is 8.17 Å². The van der Waals surface area contributed by atoms with Crippen LogP contribution in [0.2, 0.25) is 0 Å². The summed E-state index contributed by atoms with van der Waals surface area (Å²) in [7, 11) is -4.38. The molecule has 0 rings (SSSR count). The third-order valence-electron chi connectivity index (χ3n) is 0.745. The number of hydrogen-bond acceptors (Lipinski definition) is 5. The van der Waals surface area contributed by atoms with Crippen LogP contribution in [0.15, 0.2) is 0 Å². The van der Waals surface area contributed by atoms with E-state index in [1.54, 1.807) is 20.8 Å². The van der Waals surface area contributed by atoms with Gasteiger partial charge in [-0.15, -0.1) is 0 Å². The number of rotatable bonds is 3. The first kappa shape index (κ1) is 11.2. The van der Waals surface area contributed by atoms with Crippen molar-refractivity contribution in [3.63, 3.8) is 0 Å². The number of hydrogen-bond donors (Lipinski definition) is 3. The monoisotopic (exact) mass is 186 g/mol. The first-order valence-electron chi connectivity index (χ1n) is 3.16. The molecular formula is C5H15O5P. The SMILES string of the molecule is CC(C)(C)OCO[PH](O)(O)O. The van der Waals surface area contributed by atoms with Crippen molar-refractivity contribution in [2.24, 2.45) is 0 Å². The van der Waals surface area contributed by atoms with Gasteiger partial charge in [0.05, 0.1) is 0 Å². The zero-order chi connectivity index (χ0) is 9.12. The molecule has 0 aliphatic heterocycles. The summed E-state index contributed by atoms with van der Waals surface area (Å²) in [5.74, 6) is 0. The van der Waals surface area contributed by atoms with Crippen molar-refractivity contribution in [3.05, 3.63) is 0 Å². The molecule has 0 unspecified atom stereocenters.